The van der Waals surface area contributed by atoms with Crippen molar-refractivity contribution in [3.05, 3.63) is 0 Å². The molecule has 2 heterocycles. The highest BCUT2D eigenvalue weighted by Gasteiger charge is 2.39. The molecule has 12 N–H and O–H groups in total. The number of unbranched alkanes of at least 4 members (excludes halogenated alkanes) is 1. The molecule has 0 aliphatic carbocycles. The number of hydrogen-bond acceptors (Lipinski definition) is 13. The molecule has 0 radical (unpaired) electrons. The molecule has 2 aliphatic rings. The summed E-state index contributed by atoms with van der Waals surface area (Å²) in [6.45, 7) is 2.41. The first-order valence-electron chi connectivity index (χ1n) is 18.8. The van der Waals surface area contributed by atoms with Crippen LogP contribution < -0.4 is 43.4 Å². The van der Waals surface area contributed by atoms with Crippen LogP contribution in [0.3, 0.4) is 0 Å². The van der Waals surface area contributed by atoms with Crippen molar-refractivity contribution in [1.82, 2.24) is 41.7 Å². The summed E-state index contributed by atoms with van der Waals surface area (Å²) in [6.07, 6.45) is 2.17. The molecule has 320 valence electrons. The summed E-state index contributed by atoms with van der Waals surface area (Å²) in [7, 11) is 0. The molecule has 22 nitrogen and oxygen atoms in total. The van der Waals surface area contributed by atoms with E-state index in [-0.39, 0.29) is 31.7 Å². The maximum absolute atomic E-state index is 13.6. The van der Waals surface area contributed by atoms with Crippen molar-refractivity contribution in [1.29, 1.82) is 0 Å². The molecule has 2 rings (SSSR count). The molecule has 0 saturated carbocycles. The van der Waals surface area contributed by atoms with E-state index < -0.39 is 121 Å². The van der Waals surface area contributed by atoms with Gasteiger partial charge in [-0.2, -0.15) is 12.6 Å². The van der Waals surface area contributed by atoms with Crippen LogP contribution in [0.2, 0.25) is 0 Å². The first-order chi connectivity index (χ1) is 26.9. The third-order valence-corrected chi connectivity index (χ3v) is 9.77. The molecule has 0 aromatic carbocycles. The lowest BCUT2D eigenvalue weighted by Crippen LogP contribution is -2.58. The molecule has 0 spiro atoms. The Kier molecular flexibility index (Phi) is 20.2. The smallest absolute Gasteiger partial charge is 0.326 e. The van der Waals surface area contributed by atoms with Gasteiger partial charge in [0.2, 0.25) is 47.3 Å². The Bertz CT molecular complexity index is 1500. The minimum absolute atomic E-state index is 0.120. The second-order valence-corrected chi connectivity index (χ2v) is 14.2. The quantitative estimate of drug-likeness (QED) is 0.0342. The Morgan fingerprint density at radius 3 is 1.89 bits per heavy atom. The summed E-state index contributed by atoms with van der Waals surface area (Å²) >= 11 is 4.17. The minimum Gasteiger partial charge on any atom is -0.481 e. The number of thiol groups is 1. The highest BCUT2D eigenvalue weighted by molar-refractivity contribution is 7.80. The van der Waals surface area contributed by atoms with Crippen LogP contribution in [0.1, 0.15) is 71.6 Å². The number of carbonyl (C=O) groups excluding carboxylic acids is 8. The Hall–Kier alpha value is -5.03. The van der Waals surface area contributed by atoms with Crippen LogP contribution in [0.4, 0.5) is 0 Å². The van der Waals surface area contributed by atoms with Crippen molar-refractivity contribution < 1.29 is 58.2 Å². The number of amides is 8. The van der Waals surface area contributed by atoms with E-state index in [1.165, 1.54) is 23.6 Å². The van der Waals surface area contributed by atoms with Crippen LogP contribution in [0.5, 0.6) is 0 Å². The highest BCUT2D eigenvalue weighted by atomic mass is 32.1. The normalized spacial score (nSPS) is 18.9. The fourth-order valence-electron chi connectivity index (χ4n) is 6.26. The topological polar surface area (TPSA) is 342 Å². The number of nitrogens with one attached hydrogen (secondary N) is 6. The second kappa shape index (κ2) is 23.9. The number of carboxylic acid groups (broad SMARTS) is 2. The van der Waals surface area contributed by atoms with E-state index in [0.717, 1.165) is 0 Å². The Labute approximate surface area is 335 Å². The van der Waals surface area contributed by atoms with Gasteiger partial charge < -0.3 is 63.4 Å². The number of nitrogens with zero attached hydrogens (tertiary/aromatic N) is 2. The van der Waals surface area contributed by atoms with Gasteiger partial charge in [0, 0.05) is 25.3 Å². The van der Waals surface area contributed by atoms with Crippen molar-refractivity contribution in [2.75, 3.05) is 38.5 Å². The SMILES string of the molecule is C[C@H](NC(=O)CNC(=O)[C@@H]1CCCN1C(=O)[C@H](CS)NC(=O)[C@H](CCC(=O)O)NC(=O)CNC(=O)[C@@H](N)CCCCN)C(=O)N[C@@H](C)C(=O)N1CCC[C@H]1C(=O)O. The molecular weight excluding hydrogens is 772 g/mol. The molecular formula is C34H56N10O12S. The van der Waals surface area contributed by atoms with Gasteiger partial charge in [0.25, 0.3) is 0 Å². The van der Waals surface area contributed by atoms with Crippen LogP contribution in [0, 0.1) is 0 Å². The minimum atomic E-state index is -1.42. The van der Waals surface area contributed by atoms with Gasteiger partial charge in [-0.1, -0.05) is 6.42 Å². The van der Waals surface area contributed by atoms with Gasteiger partial charge in [-0.3, -0.25) is 43.2 Å². The highest BCUT2D eigenvalue weighted by Crippen LogP contribution is 2.20. The average Bonchev–Trinajstić information content (AvgIpc) is 3.87. The van der Waals surface area contributed by atoms with E-state index in [4.69, 9.17) is 11.5 Å². The lowest BCUT2D eigenvalue weighted by atomic mass is 10.1. The van der Waals surface area contributed by atoms with E-state index in [1.807, 2.05) is 0 Å². The summed E-state index contributed by atoms with van der Waals surface area (Å²) < 4.78 is 0. The Morgan fingerprint density at radius 1 is 0.702 bits per heavy atom. The number of aliphatic carboxylic acids is 2. The van der Waals surface area contributed by atoms with Gasteiger partial charge in [-0.15, -0.1) is 0 Å². The van der Waals surface area contributed by atoms with Gasteiger partial charge in [0.05, 0.1) is 19.1 Å². The standard InChI is InChI=1S/C34H56N10O12S/c1-18(28(49)40-19(2)32(53)44-14-6-9-24(44)34(55)56)39-25(45)15-38-31(52)23-8-5-13-43(23)33(54)22(17-57)42-30(51)21(10-11-27(47)48)41-26(46)16-37-29(50)20(36)7-3-4-12-35/h18-24,57H,3-17,35-36H2,1-2H3,(H,37,50)(H,38,52)(H,39,45)(H,40,49)(H,41,46)(H,42,51)(H,47,48)(H,55,56)/t18-,19-,20-,21-,22-,23-,24-/m0/s1. The second-order valence-electron chi connectivity index (χ2n) is 13.9. The molecule has 0 aromatic heterocycles. The van der Waals surface area contributed by atoms with Crippen molar-refractivity contribution in [2.45, 2.75) is 114 Å². The van der Waals surface area contributed by atoms with Crippen molar-refractivity contribution in [3.8, 4) is 0 Å². The predicted octanol–water partition coefficient (Wildman–Crippen LogP) is -4.48. The summed E-state index contributed by atoms with van der Waals surface area (Å²) in [6, 6.07) is -7.84. The van der Waals surface area contributed by atoms with Crippen LogP contribution in [-0.2, 0) is 47.9 Å². The molecule has 7 atom stereocenters. The lowest BCUT2D eigenvalue weighted by molar-refractivity contribution is -0.149. The van der Waals surface area contributed by atoms with Crippen LogP contribution in [0.15, 0.2) is 0 Å². The molecule has 2 saturated heterocycles. The maximum Gasteiger partial charge on any atom is 0.326 e. The molecule has 2 aliphatic heterocycles. The largest absolute Gasteiger partial charge is 0.481 e. The van der Waals surface area contributed by atoms with Crippen LogP contribution >= 0.6 is 12.6 Å². The van der Waals surface area contributed by atoms with Crippen LogP contribution in [0.25, 0.3) is 0 Å². The average molecular weight is 829 g/mol. The number of hydrogen-bond donors (Lipinski definition) is 11. The number of carboxylic acids is 2. The van der Waals surface area contributed by atoms with E-state index in [2.05, 4.69) is 44.5 Å². The number of nitrogens with two attached hydrogens (primary N) is 2. The van der Waals surface area contributed by atoms with Gasteiger partial charge in [0.15, 0.2) is 0 Å². The number of likely N-dealkylation sites (tertiary alicyclic amines) is 2. The zero-order valence-electron chi connectivity index (χ0n) is 32.1. The van der Waals surface area contributed by atoms with Gasteiger partial charge in [-0.05, 0) is 65.3 Å². The third-order valence-electron chi connectivity index (χ3n) is 9.41. The predicted molar refractivity (Wildman–Crippen MR) is 204 cm³/mol. The molecule has 0 aromatic rings. The van der Waals surface area contributed by atoms with Crippen molar-refractivity contribution in [2.24, 2.45) is 11.5 Å². The third kappa shape index (κ3) is 15.4. The lowest BCUT2D eigenvalue weighted by Gasteiger charge is -2.29. The number of carbonyl (C=O) groups is 10. The van der Waals surface area contributed by atoms with Gasteiger partial charge in [-0.25, -0.2) is 4.79 Å². The molecule has 0 unspecified atom stereocenters. The van der Waals surface area contributed by atoms with E-state index >= 15 is 0 Å². The zero-order valence-corrected chi connectivity index (χ0v) is 33.0. The van der Waals surface area contributed by atoms with E-state index in [9.17, 15) is 58.2 Å². The van der Waals surface area contributed by atoms with Crippen molar-refractivity contribution >= 4 is 71.8 Å². The molecule has 2 fully saturated rings. The Morgan fingerprint density at radius 2 is 1.30 bits per heavy atom. The first kappa shape index (κ1) is 48.1. The first-order valence-corrected chi connectivity index (χ1v) is 19.4. The molecule has 8 amide bonds. The van der Waals surface area contributed by atoms with Crippen molar-refractivity contribution in [3.63, 3.8) is 0 Å². The zero-order chi connectivity index (χ0) is 42.8. The Balaban J connectivity index is 1.93. The fourth-order valence-corrected chi connectivity index (χ4v) is 6.51. The van der Waals surface area contributed by atoms with Crippen LogP contribution in [-0.4, -0.2) is 160 Å². The summed E-state index contributed by atoms with van der Waals surface area (Å²) in [4.78, 5) is 128. The maximum atomic E-state index is 13.6. The number of rotatable bonds is 23. The molecule has 0 bridgehead atoms. The van der Waals surface area contributed by atoms with E-state index in [1.54, 1.807) is 0 Å². The van der Waals surface area contributed by atoms with Gasteiger partial charge >= 0.3 is 11.9 Å². The summed E-state index contributed by atoms with van der Waals surface area (Å²) in [5.41, 5.74) is 11.3. The fraction of sp³-hybridized carbons (Fsp3) is 0.706. The van der Waals surface area contributed by atoms with E-state index in [0.29, 0.717) is 45.1 Å². The summed E-state index contributed by atoms with van der Waals surface area (Å²) in [5, 5.41) is 33.0. The monoisotopic (exact) mass is 828 g/mol. The summed E-state index contributed by atoms with van der Waals surface area (Å²) in [5.74, 6) is -8.40. The molecule has 57 heavy (non-hydrogen) atoms. The molecule has 23 heteroatoms. The van der Waals surface area contributed by atoms with Gasteiger partial charge in [0.1, 0.15) is 36.3 Å².